The summed E-state index contributed by atoms with van der Waals surface area (Å²) in [6.07, 6.45) is -5.39. The second-order valence-electron chi connectivity index (χ2n) is 5.79. The van der Waals surface area contributed by atoms with Gasteiger partial charge in [-0.3, -0.25) is 4.79 Å². The number of benzene rings is 1. The van der Waals surface area contributed by atoms with Gasteiger partial charge in [0.1, 0.15) is 5.03 Å². The van der Waals surface area contributed by atoms with Crippen molar-refractivity contribution in [2.24, 2.45) is 0 Å². The van der Waals surface area contributed by atoms with E-state index in [0.29, 0.717) is 10.9 Å². The molecule has 0 aliphatic heterocycles. The lowest BCUT2D eigenvalue weighted by Gasteiger charge is -2.15. The molecule has 1 aromatic heterocycles. The third-order valence-electron chi connectivity index (χ3n) is 3.78. The van der Waals surface area contributed by atoms with Crippen LogP contribution in [0.3, 0.4) is 0 Å². The zero-order valence-electron chi connectivity index (χ0n) is 16.1. The predicted molar refractivity (Wildman–Crippen MR) is 101 cm³/mol. The topological polar surface area (TPSA) is 74.7 Å². The van der Waals surface area contributed by atoms with Crippen molar-refractivity contribution in [2.45, 2.75) is 38.4 Å². The zero-order chi connectivity index (χ0) is 21.6. The van der Waals surface area contributed by atoms with Gasteiger partial charge < -0.3 is 14.2 Å². The lowest BCUT2D eigenvalue weighted by atomic mass is 10.1. The summed E-state index contributed by atoms with van der Waals surface area (Å²) in [5, 5.41) is 0.596. The van der Waals surface area contributed by atoms with Crippen molar-refractivity contribution in [3.8, 4) is 5.75 Å². The van der Waals surface area contributed by atoms with E-state index in [-0.39, 0.29) is 41.7 Å². The molecule has 0 amide bonds. The Morgan fingerprint density at radius 1 is 1.14 bits per heavy atom. The van der Waals surface area contributed by atoms with Crippen LogP contribution in [0.15, 0.2) is 23.2 Å². The molecule has 10 heteroatoms. The SMILES string of the molecule is CCOC(=O)CCSc1nc2cc(C(F)(F)F)ccc2c(C)c1OC(=O)OCC. The van der Waals surface area contributed by atoms with Crippen molar-refractivity contribution in [1.82, 2.24) is 4.98 Å². The predicted octanol–water partition coefficient (Wildman–Crippen LogP) is 5.14. The van der Waals surface area contributed by atoms with E-state index in [1.807, 2.05) is 0 Å². The van der Waals surface area contributed by atoms with Crippen molar-refractivity contribution in [1.29, 1.82) is 0 Å². The van der Waals surface area contributed by atoms with Crippen LogP contribution >= 0.6 is 11.8 Å². The van der Waals surface area contributed by atoms with Gasteiger partial charge in [0, 0.05) is 16.7 Å². The number of pyridine rings is 1. The van der Waals surface area contributed by atoms with Crippen molar-refractivity contribution in [3.05, 3.63) is 29.3 Å². The van der Waals surface area contributed by atoms with Gasteiger partial charge in [-0.2, -0.15) is 13.2 Å². The summed E-state index contributed by atoms with van der Waals surface area (Å²) in [5.74, 6) is -0.0798. The Morgan fingerprint density at radius 3 is 2.45 bits per heavy atom. The number of alkyl halides is 3. The number of ether oxygens (including phenoxy) is 3. The molecule has 1 heterocycles. The monoisotopic (exact) mass is 431 g/mol. The van der Waals surface area contributed by atoms with Gasteiger partial charge in [0.2, 0.25) is 0 Å². The number of hydrogen-bond acceptors (Lipinski definition) is 7. The van der Waals surface area contributed by atoms with Crippen LogP contribution in [0.5, 0.6) is 5.75 Å². The summed E-state index contributed by atoms with van der Waals surface area (Å²) in [7, 11) is 0. The van der Waals surface area contributed by atoms with Gasteiger partial charge in [0.25, 0.3) is 0 Å². The van der Waals surface area contributed by atoms with E-state index >= 15 is 0 Å². The van der Waals surface area contributed by atoms with Crippen LogP contribution in [0, 0.1) is 6.92 Å². The standard InChI is InChI=1S/C19H20F3NO5S/c1-4-26-15(24)8-9-29-17-16(28-18(25)27-5-2)11(3)13-7-6-12(19(20,21)22)10-14(13)23-17/h6-7,10H,4-5,8-9H2,1-3H3. The van der Waals surface area contributed by atoms with E-state index < -0.39 is 23.9 Å². The van der Waals surface area contributed by atoms with Crippen LogP contribution in [0.25, 0.3) is 10.9 Å². The van der Waals surface area contributed by atoms with Crippen LogP contribution in [-0.2, 0) is 20.4 Å². The average Bonchev–Trinajstić information content (AvgIpc) is 2.64. The highest BCUT2D eigenvalue weighted by atomic mass is 32.2. The first kappa shape index (κ1) is 22.8. The number of fused-ring (bicyclic) bond motifs is 1. The molecule has 0 fully saturated rings. The summed E-state index contributed by atoms with van der Waals surface area (Å²) in [6, 6.07) is 3.16. The van der Waals surface area contributed by atoms with Crippen molar-refractivity contribution in [3.63, 3.8) is 0 Å². The number of aromatic nitrogens is 1. The van der Waals surface area contributed by atoms with E-state index in [1.165, 1.54) is 6.07 Å². The highest BCUT2D eigenvalue weighted by Crippen LogP contribution is 2.38. The molecule has 0 bridgehead atoms. The number of carbonyl (C=O) groups excluding carboxylic acids is 2. The molecule has 0 unspecified atom stereocenters. The van der Waals surface area contributed by atoms with E-state index in [0.717, 1.165) is 23.9 Å². The Bertz CT molecular complexity index is 902. The summed E-state index contributed by atoms with van der Waals surface area (Å²) in [6.45, 7) is 5.25. The van der Waals surface area contributed by atoms with Gasteiger partial charge in [-0.25, -0.2) is 9.78 Å². The maximum Gasteiger partial charge on any atom is 0.513 e. The van der Waals surface area contributed by atoms with Gasteiger partial charge in [0.15, 0.2) is 5.75 Å². The highest BCUT2D eigenvalue weighted by Gasteiger charge is 2.31. The van der Waals surface area contributed by atoms with Crippen LogP contribution in [0.1, 0.15) is 31.4 Å². The van der Waals surface area contributed by atoms with E-state index in [1.54, 1.807) is 20.8 Å². The summed E-state index contributed by atoms with van der Waals surface area (Å²) < 4.78 is 54.0. The summed E-state index contributed by atoms with van der Waals surface area (Å²) in [5.41, 5.74) is -0.291. The minimum Gasteiger partial charge on any atom is -0.466 e. The third-order valence-corrected chi connectivity index (χ3v) is 4.74. The molecule has 0 aliphatic carbocycles. The Hall–Kier alpha value is -2.49. The van der Waals surface area contributed by atoms with Gasteiger partial charge >= 0.3 is 18.3 Å². The molecule has 0 spiro atoms. The smallest absolute Gasteiger partial charge is 0.466 e. The fourth-order valence-corrected chi connectivity index (χ4v) is 3.42. The Labute approximate surface area is 169 Å². The molecule has 2 aromatic rings. The second kappa shape index (κ2) is 9.82. The van der Waals surface area contributed by atoms with E-state index in [4.69, 9.17) is 14.2 Å². The fraction of sp³-hybridized carbons (Fsp3) is 0.421. The molecule has 29 heavy (non-hydrogen) atoms. The molecule has 0 aliphatic rings. The number of thioether (sulfide) groups is 1. The first-order valence-electron chi connectivity index (χ1n) is 8.81. The molecule has 0 saturated carbocycles. The third kappa shape index (κ3) is 5.99. The Morgan fingerprint density at radius 2 is 1.83 bits per heavy atom. The first-order chi connectivity index (χ1) is 13.7. The molecule has 0 atom stereocenters. The minimum absolute atomic E-state index is 0.0682. The number of nitrogens with zero attached hydrogens (tertiary/aromatic N) is 1. The van der Waals surface area contributed by atoms with Crippen molar-refractivity contribution in [2.75, 3.05) is 19.0 Å². The minimum atomic E-state index is -4.51. The summed E-state index contributed by atoms with van der Waals surface area (Å²) in [4.78, 5) is 27.6. The molecule has 0 N–H and O–H groups in total. The number of esters is 1. The molecule has 6 nitrogen and oxygen atoms in total. The molecule has 1 aromatic carbocycles. The molecule has 158 valence electrons. The first-order valence-corrected chi connectivity index (χ1v) is 9.80. The van der Waals surface area contributed by atoms with Gasteiger partial charge in [-0.05, 0) is 32.9 Å². The largest absolute Gasteiger partial charge is 0.513 e. The number of rotatable bonds is 7. The van der Waals surface area contributed by atoms with Gasteiger partial charge in [0.05, 0.1) is 30.7 Å². The van der Waals surface area contributed by atoms with E-state index in [2.05, 4.69) is 4.98 Å². The lowest BCUT2D eigenvalue weighted by Crippen LogP contribution is -2.13. The quantitative estimate of drug-likeness (QED) is 0.444. The van der Waals surface area contributed by atoms with Crippen LogP contribution in [0.4, 0.5) is 18.0 Å². The number of hydrogen-bond donors (Lipinski definition) is 0. The molecule has 0 saturated heterocycles. The maximum atomic E-state index is 13.0. The van der Waals surface area contributed by atoms with Crippen molar-refractivity contribution >= 4 is 34.8 Å². The van der Waals surface area contributed by atoms with Crippen LogP contribution in [-0.4, -0.2) is 36.1 Å². The Balaban J connectivity index is 2.44. The zero-order valence-corrected chi connectivity index (χ0v) is 16.9. The highest BCUT2D eigenvalue weighted by molar-refractivity contribution is 7.99. The Kier molecular flexibility index (Phi) is 7.72. The maximum absolute atomic E-state index is 13.0. The molecular formula is C19H20F3NO5S. The fourth-order valence-electron chi connectivity index (χ4n) is 2.47. The molecular weight excluding hydrogens is 411 g/mol. The normalized spacial score (nSPS) is 11.4. The van der Waals surface area contributed by atoms with Crippen LogP contribution < -0.4 is 4.74 Å². The average molecular weight is 431 g/mol. The lowest BCUT2D eigenvalue weighted by molar-refractivity contribution is -0.142. The molecule has 0 radical (unpaired) electrons. The van der Waals surface area contributed by atoms with E-state index in [9.17, 15) is 22.8 Å². The van der Waals surface area contributed by atoms with Gasteiger partial charge in [-0.15, -0.1) is 11.8 Å². The summed E-state index contributed by atoms with van der Waals surface area (Å²) >= 11 is 1.08. The second-order valence-corrected chi connectivity index (χ2v) is 6.87. The molecule has 2 rings (SSSR count). The number of carbonyl (C=O) groups is 2. The van der Waals surface area contributed by atoms with Gasteiger partial charge in [-0.1, -0.05) is 6.07 Å². The van der Waals surface area contributed by atoms with Crippen LogP contribution in [0.2, 0.25) is 0 Å². The van der Waals surface area contributed by atoms with Crippen molar-refractivity contribution < 1.29 is 37.0 Å². The number of aryl methyl sites for hydroxylation is 1. The number of halogens is 3.